The highest BCUT2D eigenvalue weighted by atomic mass is 19.1. The lowest BCUT2D eigenvalue weighted by molar-refractivity contribution is 0.394. The molecule has 26 heavy (non-hydrogen) atoms. The molecule has 5 rings (SSSR count). The Balaban J connectivity index is 1.33. The second-order valence-corrected chi connectivity index (χ2v) is 7.01. The fraction of sp³-hybridized carbons (Fsp3) is 0.471. The van der Waals surface area contributed by atoms with Crippen LogP contribution in [0.3, 0.4) is 0 Å². The van der Waals surface area contributed by atoms with Crippen molar-refractivity contribution in [1.29, 1.82) is 0 Å². The first-order chi connectivity index (χ1) is 12.7. The first-order valence-corrected chi connectivity index (χ1v) is 8.86. The predicted molar refractivity (Wildman–Crippen MR) is 93.8 cm³/mol. The highest BCUT2D eigenvalue weighted by molar-refractivity contribution is 5.51. The second kappa shape index (κ2) is 5.86. The summed E-state index contributed by atoms with van der Waals surface area (Å²) in [6.07, 6.45) is 6.13. The summed E-state index contributed by atoms with van der Waals surface area (Å²) in [5.74, 6) is 2.27. The summed E-state index contributed by atoms with van der Waals surface area (Å²) in [7, 11) is 1.86. The minimum Gasteiger partial charge on any atom is -0.351 e. The zero-order valence-corrected chi connectivity index (χ0v) is 14.5. The van der Waals surface area contributed by atoms with Crippen molar-refractivity contribution in [1.82, 2.24) is 29.8 Å². The maximum absolute atomic E-state index is 13.9. The number of nitrogens with zero attached hydrogens (tertiary/aromatic N) is 8. The first-order valence-electron chi connectivity index (χ1n) is 8.86. The van der Waals surface area contributed by atoms with E-state index < -0.39 is 5.82 Å². The summed E-state index contributed by atoms with van der Waals surface area (Å²) >= 11 is 0. The Kier molecular flexibility index (Phi) is 3.47. The van der Waals surface area contributed by atoms with E-state index in [4.69, 9.17) is 5.10 Å². The summed E-state index contributed by atoms with van der Waals surface area (Å²) in [4.78, 5) is 11.8. The van der Waals surface area contributed by atoms with E-state index in [1.165, 1.54) is 18.9 Å². The number of likely N-dealkylation sites (N-methyl/N-ethyl adjacent to an activating group) is 1. The van der Waals surface area contributed by atoms with Gasteiger partial charge in [0.1, 0.15) is 12.1 Å². The van der Waals surface area contributed by atoms with Crippen LogP contribution in [0.5, 0.6) is 0 Å². The quantitative estimate of drug-likeness (QED) is 0.705. The molecule has 3 aromatic rings. The molecule has 134 valence electrons. The molecule has 9 heteroatoms. The van der Waals surface area contributed by atoms with Crippen LogP contribution in [0.4, 0.5) is 16.0 Å². The van der Waals surface area contributed by atoms with Gasteiger partial charge in [0, 0.05) is 26.1 Å². The highest BCUT2D eigenvalue weighted by Gasteiger charge is 2.33. The van der Waals surface area contributed by atoms with Crippen molar-refractivity contribution in [2.45, 2.75) is 31.2 Å². The molecule has 0 aromatic carbocycles. The van der Waals surface area contributed by atoms with Crippen molar-refractivity contribution in [2.75, 3.05) is 29.9 Å². The van der Waals surface area contributed by atoms with Crippen molar-refractivity contribution in [3.63, 3.8) is 0 Å². The Hall–Kier alpha value is -2.84. The molecule has 0 unspecified atom stereocenters. The van der Waals surface area contributed by atoms with E-state index in [-0.39, 0.29) is 6.04 Å². The lowest BCUT2D eigenvalue weighted by Gasteiger charge is -2.44. The van der Waals surface area contributed by atoms with E-state index in [1.807, 2.05) is 28.6 Å². The molecule has 0 radical (unpaired) electrons. The standard InChI is InChI=1S/C17H19FN8/c1-24(17-13(18)7-19-10-20-17)12-8-25(9-12)15-6-5-14-21-22-16(26(14)23-15)11-3-2-4-11/h5-7,10-12H,2-4,8-9H2,1H3. The third-order valence-corrected chi connectivity index (χ3v) is 5.46. The SMILES string of the molecule is CN(c1ncncc1F)C1CN(c2ccc3nnc(C4CCC4)n3n2)C1. The fourth-order valence-electron chi connectivity index (χ4n) is 3.51. The molecule has 2 aliphatic rings. The van der Waals surface area contributed by atoms with E-state index in [9.17, 15) is 4.39 Å². The molecular formula is C17H19FN8. The largest absolute Gasteiger partial charge is 0.351 e. The van der Waals surface area contributed by atoms with Crippen molar-refractivity contribution >= 4 is 17.3 Å². The van der Waals surface area contributed by atoms with Crippen LogP contribution in [-0.2, 0) is 0 Å². The molecule has 0 spiro atoms. The summed E-state index contributed by atoms with van der Waals surface area (Å²) in [5, 5.41) is 13.3. The lowest BCUT2D eigenvalue weighted by atomic mass is 9.85. The maximum Gasteiger partial charge on any atom is 0.183 e. The van der Waals surface area contributed by atoms with Crippen molar-refractivity contribution < 1.29 is 4.39 Å². The van der Waals surface area contributed by atoms with Crippen LogP contribution in [0.1, 0.15) is 31.0 Å². The van der Waals surface area contributed by atoms with E-state index in [0.29, 0.717) is 11.7 Å². The van der Waals surface area contributed by atoms with Crippen LogP contribution in [0, 0.1) is 5.82 Å². The average Bonchev–Trinajstić information content (AvgIpc) is 2.95. The zero-order valence-electron chi connectivity index (χ0n) is 14.5. The van der Waals surface area contributed by atoms with Gasteiger partial charge < -0.3 is 9.80 Å². The minimum absolute atomic E-state index is 0.184. The van der Waals surface area contributed by atoms with E-state index in [2.05, 4.69) is 25.1 Å². The number of rotatable bonds is 4. The van der Waals surface area contributed by atoms with Gasteiger partial charge >= 0.3 is 0 Å². The van der Waals surface area contributed by atoms with Gasteiger partial charge in [-0.2, -0.15) is 4.52 Å². The Morgan fingerprint density at radius 1 is 1.19 bits per heavy atom. The van der Waals surface area contributed by atoms with Crippen molar-refractivity contribution in [3.8, 4) is 0 Å². The van der Waals surface area contributed by atoms with Crippen molar-refractivity contribution in [2.24, 2.45) is 0 Å². The van der Waals surface area contributed by atoms with Gasteiger partial charge in [-0.1, -0.05) is 6.42 Å². The summed E-state index contributed by atoms with van der Waals surface area (Å²) < 4.78 is 15.7. The number of fused-ring (bicyclic) bond motifs is 1. The number of anilines is 2. The van der Waals surface area contributed by atoms with E-state index in [1.54, 1.807) is 0 Å². The Bertz CT molecular complexity index is 947. The van der Waals surface area contributed by atoms with Gasteiger partial charge in [-0.05, 0) is 25.0 Å². The summed E-state index contributed by atoms with van der Waals surface area (Å²) in [5.41, 5.74) is 0.785. The molecule has 0 bridgehead atoms. The van der Waals surface area contributed by atoms with Gasteiger partial charge in [-0.15, -0.1) is 15.3 Å². The molecule has 0 amide bonds. The van der Waals surface area contributed by atoms with Crippen LogP contribution in [0.25, 0.3) is 5.65 Å². The van der Waals surface area contributed by atoms with Gasteiger partial charge in [0.2, 0.25) is 0 Å². The van der Waals surface area contributed by atoms with E-state index >= 15 is 0 Å². The smallest absolute Gasteiger partial charge is 0.183 e. The molecule has 1 saturated heterocycles. The highest BCUT2D eigenvalue weighted by Crippen LogP contribution is 2.35. The maximum atomic E-state index is 13.9. The fourth-order valence-corrected chi connectivity index (χ4v) is 3.51. The van der Waals surface area contributed by atoms with Gasteiger partial charge in [-0.25, -0.2) is 14.4 Å². The molecule has 3 aromatic heterocycles. The van der Waals surface area contributed by atoms with Crippen LogP contribution in [0.15, 0.2) is 24.7 Å². The molecule has 1 saturated carbocycles. The van der Waals surface area contributed by atoms with Gasteiger partial charge in [-0.3, -0.25) is 0 Å². The molecule has 4 heterocycles. The molecule has 0 N–H and O–H groups in total. The normalized spacial score (nSPS) is 18.0. The number of hydrogen-bond donors (Lipinski definition) is 0. The Morgan fingerprint density at radius 3 is 2.77 bits per heavy atom. The lowest BCUT2D eigenvalue weighted by Crippen LogP contribution is -2.59. The summed E-state index contributed by atoms with van der Waals surface area (Å²) in [6.45, 7) is 1.53. The third-order valence-electron chi connectivity index (χ3n) is 5.46. The van der Waals surface area contributed by atoms with Gasteiger partial charge in [0.15, 0.2) is 23.1 Å². The molecule has 1 aliphatic heterocycles. The third kappa shape index (κ3) is 2.38. The Labute approximate surface area is 149 Å². The topological polar surface area (TPSA) is 75.3 Å². The van der Waals surface area contributed by atoms with Crippen LogP contribution in [0.2, 0.25) is 0 Å². The minimum atomic E-state index is -0.400. The average molecular weight is 354 g/mol. The van der Waals surface area contributed by atoms with Crippen LogP contribution in [-0.4, -0.2) is 56.0 Å². The molecule has 1 aliphatic carbocycles. The van der Waals surface area contributed by atoms with Gasteiger partial charge in [0.25, 0.3) is 0 Å². The van der Waals surface area contributed by atoms with E-state index in [0.717, 1.165) is 43.2 Å². The number of halogens is 1. The monoisotopic (exact) mass is 354 g/mol. The van der Waals surface area contributed by atoms with Gasteiger partial charge in [0.05, 0.1) is 12.2 Å². The first kappa shape index (κ1) is 15.4. The number of hydrogen-bond acceptors (Lipinski definition) is 7. The zero-order chi connectivity index (χ0) is 17.7. The molecule has 2 fully saturated rings. The van der Waals surface area contributed by atoms with Crippen molar-refractivity contribution in [3.05, 3.63) is 36.3 Å². The molecular weight excluding hydrogens is 335 g/mol. The second-order valence-electron chi connectivity index (χ2n) is 7.01. The van der Waals surface area contributed by atoms with Crippen LogP contribution >= 0.6 is 0 Å². The molecule has 0 atom stereocenters. The molecule has 8 nitrogen and oxygen atoms in total. The van der Waals surface area contributed by atoms with Crippen LogP contribution < -0.4 is 9.80 Å². The number of aromatic nitrogens is 6. The predicted octanol–water partition coefficient (Wildman–Crippen LogP) is 1.65. The Morgan fingerprint density at radius 2 is 2.04 bits per heavy atom. The summed E-state index contributed by atoms with van der Waals surface area (Å²) in [6, 6.07) is 4.11.